The molecule has 0 radical (unpaired) electrons. The molecule has 1 unspecified atom stereocenters. The quantitative estimate of drug-likeness (QED) is 0.671. The molecule has 0 aliphatic carbocycles. The Bertz CT molecular complexity index is 223. The molecule has 0 spiro atoms. The number of amides is 1. The molecule has 14 heavy (non-hydrogen) atoms. The first-order valence-electron chi connectivity index (χ1n) is 4.73. The van der Waals surface area contributed by atoms with Crippen LogP contribution in [0.15, 0.2) is 0 Å². The van der Waals surface area contributed by atoms with Gasteiger partial charge in [0.15, 0.2) is 0 Å². The van der Waals surface area contributed by atoms with Crippen molar-refractivity contribution in [2.45, 2.75) is 25.9 Å². The minimum atomic E-state index is -0.905. The van der Waals surface area contributed by atoms with Crippen molar-refractivity contribution in [2.75, 3.05) is 13.2 Å². The summed E-state index contributed by atoms with van der Waals surface area (Å²) in [5, 5.41) is 11.1. The van der Waals surface area contributed by atoms with Crippen LogP contribution >= 0.6 is 0 Å². The molecule has 1 amide bonds. The van der Waals surface area contributed by atoms with Crippen molar-refractivity contribution < 1.29 is 19.4 Å². The molecule has 2 atom stereocenters. The van der Waals surface area contributed by atoms with Crippen LogP contribution in [0.25, 0.3) is 0 Å². The van der Waals surface area contributed by atoms with Crippen molar-refractivity contribution in [1.29, 1.82) is 0 Å². The fraction of sp³-hybridized carbons (Fsp3) is 0.778. The zero-order valence-electron chi connectivity index (χ0n) is 8.16. The van der Waals surface area contributed by atoms with E-state index in [2.05, 4.69) is 5.32 Å². The lowest BCUT2D eigenvalue weighted by atomic mass is 10.2. The Balaban J connectivity index is 2.23. The Kier molecular flexibility index (Phi) is 3.88. The first kappa shape index (κ1) is 11.0. The summed E-state index contributed by atoms with van der Waals surface area (Å²) in [6.45, 7) is 2.33. The van der Waals surface area contributed by atoms with Gasteiger partial charge in [0.05, 0.1) is 5.92 Å². The van der Waals surface area contributed by atoms with Gasteiger partial charge in [-0.1, -0.05) is 6.92 Å². The van der Waals surface area contributed by atoms with Crippen molar-refractivity contribution in [3.63, 3.8) is 0 Å². The van der Waals surface area contributed by atoms with E-state index >= 15 is 0 Å². The molecule has 1 fully saturated rings. The third-order valence-electron chi connectivity index (χ3n) is 2.23. The normalized spacial score (nSPS) is 23.1. The summed E-state index contributed by atoms with van der Waals surface area (Å²) in [6.07, 6.45) is 1.25. The van der Waals surface area contributed by atoms with E-state index < -0.39 is 11.9 Å². The molecule has 1 aliphatic rings. The number of aliphatic carboxylic acids is 1. The van der Waals surface area contributed by atoms with Gasteiger partial charge in [0.2, 0.25) is 5.91 Å². The van der Waals surface area contributed by atoms with Crippen LogP contribution in [0.4, 0.5) is 0 Å². The Hall–Kier alpha value is -1.10. The maximum absolute atomic E-state index is 11.3. The van der Waals surface area contributed by atoms with E-state index in [4.69, 9.17) is 9.84 Å². The lowest BCUT2D eigenvalue weighted by Gasteiger charge is -2.11. The summed E-state index contributed by atoms with van der Waals surface area (Å²) >= 11 is 0. The van der Waals surface area contributed by atoms with Crippen LogP contribution in [0.5, 0.6) is 0 Å². The van der Waals surface area contributed by atoms with E-state index in [9.17, 15) is 9.59 Å². The highest BCUT2D eigenvalue weighted by Gasteiger charge is 2.24. The zero-order valence-corrected chi connectivity index (χ0v) is 8.16. The van der Waals surface area contributed by atoms with Crippen LogP contribution < -0.4 is 5.32 Å². The Morgan fingerprint density at radius 3 is 2.86 bits per heavy atom. The molecule has 5 heteroatoms. The van der Waals surface area contributed by atoms with Gasteiger partial charge >= 0.3 is 5.97 Å². The molecule has 1 heterocycles. The largest absolute Gasteiger partial charge is 0.481 e. The highest BCUT2D eigenvalue weighted by atomic mass is 16.5. The van der Waals surface area contributed by atoms with Crippen LogP contribution in [-0.2, 0) is 14.3 Å². The van der Waals surface area contributed by atoms with Gasteiger partial charge in [-0.3, -0.25) is 9.59 Å². The highest BCUT2D eigenvalue weighted by molar-refractivity contribution is 5.81. The Morgan fingerprint density at radius 1 is 1.64 bits per heavy atom. The lowest BCUT2D eigenvalue weighted by molar-refractivity contribution is -0.141. The molecule has 1 saturated heterocycles. The van der Waals surface area contributed by atoms with E-state index in [0.717, 1.165) is 12.8 Å². The van der Waals surface area contributed by atoms with Crippen LogP contribution in [0.1, 0.15) is 19.8 Å². The van der Waals surface area contributed by atoms with Crippen molar-refractivity contribution in [2.24, 2.45) is 5.92 Å². The molecule has 5 nitrogen and oxygen atoms in total. The van der Waals surface area contributed by atoms with Crippen LogP contribution in [0.3, 0.4) is 0 Å². The number of rotatable bonds is 4. The summed E-state index contributed by atoms with van der Waals surface area (Å²) < 4.78 is 5.15. The second kappa shape index (κ2) is 4.95. The van der Waals surface area contributed by atoms with E-state index in [0.29, 0.717) is 6.61 Å². The Morgan fingerprint density at radius 2 is 2.36 bits per heavy atom. The van der Waals surface area contributed by atoms with Gasteiger partial charge in [-0.25, -0.2) is 0 Å². The second-order valence-electron chi connectivity index (χ2n) is 3.49. The second-order valence-corrected chi connectivity index (χ2v) is 3.49. The summed E-state index contributed by atoms with van der Waals surface area (Å²) in [4.78, 5) is 21.8. The van der Waals surface area contributed by atoms with Crippen molar-refractivity contribution in [1.82, 2.24) is 5.32 Å². The first-order chi connectivity index (χ1) is 6.61. The fourth-order valence-electron chi connectivity index (χ4n) is 1.24. The van der Waals surface area contributed by atoms with Crippen molar-refractivity contribution in [3.8, 4) is 0 Å². The average Bonchev–Trinajstić information content (AvgIpc) is 2.66. The minimum Gasteiger partial charge on any atom is -0.481 e. The molecule has 0 bridgehead atoms. The predicted molar refractivity (Wildman–Crippen MR) is 48.8 cm³/mol. The number of ether oxygens (including phenoxy) is 1. The molecule has 0 aromatic heterocycles. The number of carbonyl (C=O) groups excluding carboxylic acids is 1. The maximum atomic E-state index is 11.3. The summed E-state index contributed by atoms with van der Waals surface area (Å²) in [7, 11) is 0. The first-order valence-corrected chi connectivity index (χ1v) is 4.73. The summed E-state index contributed by atoms with van der Waals surface area (Å²) in [5.41, 5.74) is 0. The maximum Gasteiger partial charge on any atom is 0.308 e. The summed E-state index contributed by atoms with van der Waals surface area (Å²) in [5.74, 6) is -1.66. The van der Waals surface area contributed by atoms with Gasteiger partial charge in [0, 0.05) is 13.2 Å². The molecule has 1 aliphatic heterocycles. The minimum absolute atomic E-state index is 0.161. The lowest BCUT2D eigenvalue weighted by Crippen LogP contribution is -2.38. The van der Waals surface area contributed by atoms with E-state index in [1.807, 2.05) is 0 Å². The van der Waals surface area contributed by atoms with Crippen molar-refractivity contribution >= 4 is 11.9 Å². The van der Waals surface area contributed by atoms with E-state index in [-0.39, 0.29) is 18.6 Å². The SMILES string of the molecule is CC(CNC(=O)[C@@H]1CCCO1)C(=O)O. The monoisotopic (exact) mass is 201 g/mol. The smallest absolute Gasteiger partial charge is 0.308 e. The Labute approximate surface area is 82.4 Å². The molecule has 1 rings (SSSR count). The van der Waals surface area contributed by atoms with Gasteiger partial charge in [-0.05, 0) is 12.8 Å². The predicted octanol–water partition coefficient (Wildman–Crippen LogP) is 0.00230. The third-order valence-corrected chi connectivity index (χ3v) is 2.23. The highest BCUT2D eigenvalue weighted by Crippen LogP contribution is 2.11. The number of carboxylic acids is 1. The number of nitrogens with one attached hydrogen (secondary N) is 1. The zero-order chi connectivity index (χ0) is 10.6. The van der Waals surface area contributed by atoms with Crippen LogP contribution in [0, 0.1) is 5.92 Å². The van der Waals surface area contributed by atoms with Gasteiger partial charge in [-0.15, -0.1) is 0 Å². The van der Waals surface area contributed by atoms with Gasteiger partial charge in [-0.2, -0.15) is 0 Å². The van der Waals surface area contributed by atoms with Gasteiger partial charge in [0.25, 0.3) is 0 Å². The summed E-state index contributed by atoms with van der Waals surface area (Å²) in [6, 6.07) is 0. The van der Waals surface area contributed by atoms with Crippen LogP contribution in [0.2, 0.25) is 0 Å². The van der Waals surface area contributed by atoms with Crippen LogP contribution in [-0.4, -0.2) is 36.2 Å². The number of hydrogen-bond donors (Lipinski definition) is 2. The topological polar surface area (TPSA) is 75.6 Å². The molecule has 0 aromatic carbocycles. The molecule has 0 saturated carbocycles. The van der Waals surface area contributed by atoms with Crippen molar-refractivity contribution in [3.05, 3.63) is 0 Å². The molecule has 2 N–H and O–H groups in total. The number of hydrogen-bond acceptors (Lipinski definition) is 3. The fourth-order valence-corrected chi connectivity index (χ4v) is 1.24. The standard InChI is InChI=1S/C9H15NO4/c1-6(9(12)13)5-10-8(11)7-3-2-4-14-7/h6-7H,2-5H2,1H3,(H,10,11)(H,12,13)/t6?,7-/m0/s1. The molecular weight excluding hydrogens is 186 g/mol. The number of carbonyl (C=O) groups is 2. The molecule has 0 aromatic rings. The molecule has 80 valence electrons. The van der Waals surface area contributed by atoms with Gasteiger partial charge in [0.1, 0.15) is 6.10 Å². The third kappa shape index (κ3) is 2.99. The average molecular weight is 201 g/mol. The van der Waals surface area contributed by atoms with Gasteiger partial charge < -0.3 is 15.2 Å². The number of carboxylic acid groups (broad SMARTS) is 1. The molecular formula is C9H15NO4. The van der Waals surface area contributed by atoms with E-state index in [1.165, 1.54) is 0 Å². The van der Waals surface area contributed by atoms with E-state index in [1.54, 1.807) is 6.92 Å².